The van der Waals surface area contributed by atoms with Gasteiger partial charge >= 0.3 is 0 Å². The van der Waals surface area contributed by atoms with Gasteiger partial charge in [-0.25, -0.2) is 0 Å². The lowest BCUT2D eigenvalue weighted by atomic mass is 9.76. The zero-order chi connectivity index (χ0) is 13.9. The number of ether oxygens (including phenoxy) is 1. The van der Waals surface area contributed by atoms with Gasteiger partial charge in [0, 0.05) is 6.04 Å². The van der Waals surface area contributed by atoms with Crippen molar-refractivity contribution < 1.29 is 4.74 Å². The molecule has 0 saturated heterocycles. The first-order valence-electron chi connectivity index (χ1n) is 7.41. The molecule has 19 heavy (non-hydrogen) atoms. The molecule has 0 bridgehead atoms. The molecular weight excluding hydrogens is 234 g/mol. The van der Waals surface area contributed by atoms with Gasteiger partial charge in [0.2, 0.25) is 0 Å². The minimum absolute atomic E-state index is 0.333. The molecular formula is C17H27NO. The summed E-state index contributed by atoms with van der Waals surface area (Å²) in [6.07, 6.45) is 6.12. The first-order valence-corrected chi connectivity index (χ1v) is 7.41. The van der Waals surface area contributed by atoms with Crippen molar-refractivity contribution in [3.63, 3.8) is 0 Å². The minimum Gasteiger partial charge on any atom is -0.497 e. The number of nitrogens with two attached hydrogens (primary N) is 1. The van der Waals surface area contributed by atoms with Crippen LogP contribution in [0.15, 0.2) is 24.3 Å². The van der Waals surface area contributed by atoms with Crippen molar-refractivity contribution in [2.75, 3.05) is 7.11 Å². The van der Waals surface area contributed by atoms with Crippen LogP contribution in [-0.4, -0.2) is 13.2 Å². The van der Waals surface area contributed by atoms with Crippen LogP contribution in [-0.2, 0) is 6.42 Å². The molecule has 0 amide bonds. The summed E-state index contributed by atoms with van der Waals surface area (Å²) in [4.78, 5) is 0. The Hall–Kier alpha value is -1.02. The number of methoxy groups -OCH3 is 1. The van der Waals surface area contributed by atoms with Gasteiger partial charge in [0.25, 0.3) is 0 Å². The summed E-state index contributed by atoms with van der Waals surface area (Å²) in [5.74, 6) is 1.61. The van der Waals surface area contributed by atoms with Gasteiger partial charge in [-0.15, -0.1) is 0 Å². The standard InChI is InChI=1S/C17H27NO/c1-17(2)12-4-5-15(17)16(18)11-8-13-6-9-14(19-3)10-7-13/h6-7,9-10,15-16H,4-5,8,11-12,18H2,1-3H3. The largest absolute Gasteiger partial charge is 0.497 e. The molecule has 0 spiro atoms. The topological polar surface area (TPSA) is 35.2 Å². The molecule has 1 fully saturated rings. The number of aryl methyl sites for hydroxylation is 1. The number of benzene rings is 1. The normalized spacial score (nSPS) is 23.3. The van der Waals surface area contributed by atoms with E-state index in [1.165, 1.54) is 24.8 Å². The number of hydrogen-bond acceptors (Lipinski definition) is 2. The molecule has 2 rings (SSSR count). The van der Waals surface area contributed by atoms with Gasteiger partial charge in [-0.05, 0) is 54.7 Å². The van der Waals surface area contributed by atoms with Gasteiger partial charge in [-0.1, -0.05) is 32.4 Å². The Bertz CT molecular complexity index is 396. The van der Waals surface area contributed by atoms with E-state index in [2.05, 4.69) is 26.0 Å². The molecule has 0 aromatic heterocycles. The summed E-state index contributed by atoms with van der Waals surface area (Å²) in [7, 11) is 1.70. The van der Waals surface area contributed by atoms with Gasteiger partial charge in [0.05, 0.1) is 7.11 Å². The maximum Gasteiger partial charge on any atom is 0.118 e. The van der Waals surface area contributed by atoms with Crippen molar-refractivity contribution in [3.8, 4) is 5.75 Å². The summed E-state index contributed by atoms with van der Waals surface area (Å²) >= 11 is 0. The van der Waals surface area contributed by atoms with Crippen LogP contribution in [0.25, 0.3) is 0 Å². The van der Waals surface area contributed by atoms with Crippen LogP contribution >= 0.6 is 0 Å². The van der Waals surface area contributed by atoms with Crippen LogP contribution in [0, 0.1) is 11.3 Å². The van der Waals surface area contributed by atoms with E-state index in [0.29, 0.717) is 17.4 Å². The molecule has 1 saturated carbocycles. The van der Waals surface area contributed by atoms with Gasteiger partial charge in [0.15, 0.2) is 0 Å². The molecule has 2 unspecified atom stereocenters. The molecule has 2 nitrogen and oxygen atoms in total. The Balaban J connectivity index is 1.87. The number of hydrogen-bond donors (Lipinski definition) is 1. The van der Waals surface area contributed by atoms with E-state index in [9.17, 15) is 0 Å². The van der Waals surface area contributed by atoms with Crippen LogP contribution in [0.1, 0.15) is 45.1 Å². The van der Waals surface area contributed by atoms with Gasteiger partial charge in [-0.2, -0.15) is 0 Å². The maximum atomic E-state index is 6.43. The Morgan fingerprint density at radius 3 is 2.53 bits per heavy atom. The fraction of sp³-hybridized carbons (Fsp3) is 0.647. The molecule has 0 heterocycles. The lowest BCUT2D eigenvalue weighted by molar-refractivity contribution is 0.214. The third-order valence-corrected chi connectivity index (χ3v) is 4.78. The van der Waals surface area contributed by atoms with Crippen molar-refractivity contribution in [1.82, 2.24) is 0 Å². The summed E-state index contributed by atoms with van der Waals surface area (Å²) < 4.78 is 5.18. The molecule has 2 N–H and O–H groups in total. The predicted molar refractivity (Wildman–Crippen MR) is 80.4 cm³/mol. The van der Waals surface area contributed by atoms with Crippen molar-refractivity contribution in [2.45, 2.75) is 52.0 Å². The predicted octanol–water partition coefficient (Wildman–Crippen LogP) is 3.78. The minimum atomic E-state index is 0.333. The summed E-state index contributed by atoms with van der Waals surface area (Å²) in [6.45, 7) is 4.75. The third-order valence-electron chi connectivity index (χ3n) is 4.78. The van der Waals surface area contributed by atoms with Gasteiger partial charge < -0.3 is 10.5 Å². The van der Waals surface area contributed by atoms with Crippen LogP contribution in [0.4, 0.5) is 0 Å². The third kappa shape index (κ3) is 3.50. The molecule has 1 aliphatic carbocycles. The average Bonchev–Trinajstić information content (AvgIpc) is 2.76. The number of rotatable bonds is 5. The Morgan fingerprint density at radius 2 is 2.00 bits per heavy atom. The molecule has 106 valence electrons. The van der Waals surface area contributed by atoms with Crippen molar-refractivity contribution in [1.29, 1.82) is 0 Å². The van der Waals surface area contributed by atoms with E-state index in [4.69, 9.17) is 10.5 Å². The fourth-order valence-electron chi connectivity index (χ4n) is 3.47. The monoisotopic (exact) mass is 261 g/mol. The van der Waals surface area contributed by atoms with E-state index in [1.807, 2.05) is 12.1 Å². The molecule has 2 heteroatoms. The Labute approximate surface area is 117 Å². The average molecular weight is 261 g/mol. The SMILES string of the molecule is COc1ccc(CCC(N)C2CCCC2(C)C)cc1. The lowest BCUT2D eigenvalue weighted by Crippen LogP contribution is -2.36. The summed E-state index contributed by atoms with van der Waals surface area (Å²) in [5, 5.41) is 0. The van der Waals surface area contributed by atoms with Crippen molar-refractivity contribution in [2.24, 2.45) is 17.1 Å². The molecule has 0 aliphatic heterocycles. The van der Waals surface area contributed by atoms with E-state index >= 15 is 0 Å². The zero-order valence-electron chi connectivity index (χ0n) is 12.5. The highest BCUT2D eigenvalue weighted by Crippen LogP contribution is 2.44. The van der Waals surface area contributed by atoms with E-state index in [0.717, 1.165) is 18.6 Å². The molecule has 1 aromatic rings. The Morgan fingerprint density at radius 1 is 1.32 bits per heavy atom. The van der Waals surface area contributed by atoms with E-state index in [-0.39, 0.29) is 0 Å². The van der Waals surface area contributed by atoms with E-state index in [1.54, 1.807) is 7.11 Å². The molecule has 0 radical (unpaired) electrons. The second-order valence-corrected chi connectivity index (χ2v) is 6.54. The van der Waals surface area contributed by atoms with Crippen LogP contribution in [0.5, 0.6) is 5.75 Å². The molecule has 1 aliphatic rings. The van der Waals surface area contributed by atoms with Gasteiger partial charge in [0.1, 0.15) is 5.75 Å². The summed E-state index contributed by atoms with van der Waals surface area (Å²) in [6, 6.07) is 8.68. The van der Waals surface area contributed by atoms with Gasteiger partial charge in [-0.3, -0.25) is 0 Å². The quantitative estimate of drug-likeness (QED) is 0.875. The first-order chi connectivity index (χ1) is 9.03. The van der Waals surface area contributed by atoms with Crippen molar-refractivity contribution in [3.05, 3.63) is 29.8 Å². The second kappa shape index (κ2) is 5.96. The second-order valence-electron chi connectivity index (χ2n) is 6.54. The van der Waals surface area contributed by atoms with Crippen LogP contribution in [0.3, 0.4) is 0 Å². The fourth-order valence-corrected chi connectivity index (χ4v) is 3.47. The maximum absolute atomic E-state index is 6.43. The first kappa shape index (κ1) is 14.4. The van der Waals surface area contributed by atoms with Crippen molar-refractivity contribution >= 4 is 0 Å². The highest BCUT2D eigenvalue weighted by Gasteiger charge is 2.37. The molecule has 2 atom stereocenters. The van der Waals surface area contributed by atoms with E-state index < -0.39 is 0 Å². The van der Waals surface area contributed by atoms with Crippen LogP contribution in [0.2, 0.25) is 0 Å². The smallest absolute Gasteiger partial charge is 0.118 e. The van der Waals surface area contributed by atoms with Crippen LogP contribution < -0.4 is 10.5 Å². The zero-order valence-corrected chi connectivity index (χ0v) is 12.5. The molecule has 1 aromatic carbocycles. The highest BCUT2D eigenvalue weighted by atomic mass is 16.5. The summed E-state index contributed by atoms with van der Waals surface area (Å²) in [5.41, 5.74) is 8.22. The highest BCUT2D eigenvalue weighted by molar-refractivity contribution is 5.27. The lowest BCUT2D eigenvalue weighted by Gasteiger charge is -2.32. The Kier molecular flexibility index (Phi) is 4.51.